The van der Waals surface area contributed by atoms with Crippen LogP contribution in [0.1, 0.15) is 29.9 Å². The number of benzene rings is 1. The average molecular weight is 313 g/mol. The number of hydrogen-bond donors (Lipinski definition) is 3. The minimum absolute atomic E-state index is 0.214. The van der Waals surface area contributed by atoms with Crippen molar-refractivity contribution >= 4 is 5.82 Å². The molecule has 122 valence electrons. The van der Waals surface area contributed by atoms with E-state index in [0.717, 1.165) is 31.5 Å². The predicted molar refractivity (Wildman–Crippen MR) is 91.3 cm³/mol. The Balaban J connectivity index is 2.09. The molecule has 0 aliphatic carbocycles. The van der Waals surface area contributed by atoms with Crippen molar-refractivity contribution in [1.29, 1.82) is 0 Å². The molecule has 0 saturated carbocycles. The van der Waals surface area contributed by atoms with Crippen LogP contribution in [0.25, 0.3) is 11.3 Å². The molecule has 0 bridgehead atoms. The zero-order valence-corrected chi connectivity index (χ0v) is 13.4. The normalized spacial score (nSPS) is 18.0. The molecule has 23 heavy (non-hydrogen) atoms. The van der Waals surface area contributed by atoms with E-state index in [-0.39, 0.29) is 5.75 Å². The number of nitrogens with one attached hydrogen (secondary N) is 1. The Morgan fingerprint density at radius 1 is 1.39 bits per heavy atom. The first kappa shape index (κ1) is 15.8. The Morgan fingerprint density at radius 2 is 2.22 bits per heavy atom. The van der Waals surface area contributed by atoms with Gasteiger partial charge >= 0.3 is 0 Å². The summed E-state index contributed by atoms with van der Waals surface area (Å²) in [6, 6.07) is 9.26. The summed E-state index contributed by atoms with van der Waals surface area (Å²) in [7, 11) is 1.67. The number of para-hydroxylation sites is 1. The second-order valence-electron chi connectivity index (χ2n) is 5.95. The fourth-order valence-electron chi connectivity index (χ4n) is 3.22. The Bertz CT molecular complexity index is 682. The molecule has 0 radical (unpaired) electrons. The molecule has 1 saturated heterocycles. The van der Waals surface area contributed by atoms with Crippen LogP contribution in [0.4, 0.5) is 5.82 Å². The van der Waals surface area contributed by atoms with Crippen LogP contribution in [0, 0.1) is 0 Å². The Labute approximate surface area is 136 Å². The van der Waals surface area contributed by atoms with Gasteiger partial charge in [0.15, 0.2) is 0 Å². The van der Waals surface area contributed by atoms with Gasteiger partial charge in [-0.2, -0.15) is 0 Å². The molecule has 2 heterocycles. The van der Waals surface area contributed by atoms with Gasteiger partial charge in [-0.15, -0.1) is 0 Å². The highest BCUT2D eigenvalue weighted by molar-refractivity contribution is 5.70. The highest BCUT2D eigenvalue weighted by Crippen LogP contribution is 2.35. The number of methoxy groups -OCH3 is 1. The summed E-state index contributed by atoms with van der Waals surface area (Å²) >= 11 is 0. The van der Waals surface area contributed by atoms with E-state index < -0.39 is 0 Å². The molecule has 1 aromatic carbocycles. The fourth-order valence-corrected chi connectivity index (χ4v) is 3.22. The van der Waals surface area contributed by atoms with Gasteiger partial charge in [0.05, 0.1) is 12.3 Å². The zero-order valence-electron chi connectivity index (χ0n) is 13.4. The third-order valence-electron chi connectivity index (χ3n) is 4.40. The van der Waals surface area contributed by atoms with Crippen molar-refractivity contribution in [2.45, 2.75) is 25.4 Å². The standard InChI is InChI=1S/C18H23N3O2/c1-23-11-15-14(12-5-4-8-20-10-12)9-16(21-18(15)19)13-6-2-3-7-17(13)22/h2-3,6-7,9,12,20,22H,4-5,8,10-11H2,1H3,(H2,19,21). The van der Waals surface area contributed by atoms with E-state index in [2.05, 4.69) is 16.4 Å². The zero-order chi connectivity index (χ0) is 16.2. The van der Waals surface area contributed by atoms with Crippen LogP contribution in [0.2, 0.25) is 0 Å². The van der Waals surface area contributed by atoms with Gasteiger partial charge in [0, 0.05) is 24.8 Å². The van der Waals surface area contributed by atoms with Gasteiger partial charge in [0.25, 0.3) is 0 Å². The van der Waals surface area contributed by atoms with Crippen molar-refractivity contribution in [3.05, 3.63) is 41.5 Å². The second kappa shape index (κ2) is 6.98. The lowest BCUT2D eigenvalue weighted by Gasteiger charge is -2.26. The first-order valence-electron chi connectivity index (χ1n) is 7.98. The lowest BCUT2D eigenvalue weighted by Crippen LogP contribution is -2.29. The van der Waals surface area contributed by atoms with E-state index in [1.54, 1.807) is 19.2 Å². The minimum Gasteiger partial charge on any atom is -0.507 e. The molecule has 5 heteroatoms. The molecule has 1 unspecified atom stereocenters. The van der Waals surface area contributed by atoms with Gasteiger partial charge < -0.3 is 20.9 Å². The van der Waals surface area contributed by atoms with Gasteiger partial charge in [-0.25, -0.2) is 4.98 Å². The molecule has 0 spiro atoms. The molecule has 1 aliphatic rings. The minimum atomic E-state index is 0.214. The number of ether oxygens (including phenoxy) is 1. The number of anilines is 1. The van der Waals surface area contributed by atoms with Gasteiger partial charge in [0.2, 0.25) is 0 Å². The SMILES string of the molecule is COCc1c(C2CCCNC2)cc(-c2ccccc2O)nc1N. The maximum atomic E-state index is 10.1. The van der Waals surface area contributed by atoms with E-state index in [0.29, 0.717) is 29.6 Å². The lowest BCUT2D eigenvalue weighted by atomic mass is 9.88. The maximum Gasteiger partial charge on any atom is 0.129 e. The molecular formula is C18H23N3O2. The summed E-state index contributed by atoms with van der Waals surface area (Å²) in [5.74, 6) is 1.09. The van der Waals surface area contributed by atoms with Crippen LogP contribution in [0.3, 0.4) is 0 Å². The third kappa shape index (κ3) is 3.30. The summed E-state index contributed by atoms with van der Waals surface area (Å²) in [5.41, 5.74) is 9.75. The van der Waals surface area contributed by atoms with Gasteiger partial charge in [-0.1, -0.05) is 12.1 Å². The van der Waals surface area contributed by atoms with Crippen LogP contribution in [-0.2, 0) is 11.3 Å². The van der Waals surface area contributed by atoms with E-state index in [1.165, 1.54) is 5.56 Å². The summed E-state index contributed by atoms with van der Waals surface area (Å²) in [6.45, 7) is 2.44. The number of pyridine rings is 1. The van der Waals surface area contributed by atoms with Crippen molar-refractivity contribution in [1.82, 2.24) is 10.3 Å². The van der Waals surface area contributed by atoms with Crippen LogP contribution < -0.4 is 11.1 Å². The van der Waals surface area contributed by atoms with Crippen molar-refractivity contribution in [2.24, 2.45) is 0 Å². The monoisotopic (exact) mass is 313 g/mol. The number of nitrogens with zero attached hydrogens (tertiary/aromatic N) is 1. The number of aromatic nitrogens is 1. The molecule has 2 aromatic rings. The second-order valence-corrected chi connectivity index (χ2v) is 5.95. The number of phenolic OH excluding ortho intramolecular Hbond substituents is 1. The molecule has 0 amide bonds. The van der Waals surface area contributed by atoms with Gasteiger partial charge in [-0.05, 0) is 49.1 Å². The number of nitrogen functional groups attached to an aromatic ring is 1. The smallest absolute Gasteiger partial charge is 0.129 e. The highest BCUT2D eigenvalue weighted by atomic mass is 16.5. The van der Waals surface area contributed by atoms with Crippen LogP contribution in [0.5, 0.6) is 5.75 Å². The molecule has 1 fully saturated rings. The summed E-state index contributed by atoms with van der Waals surface area (Å²) in [4.78, 5) is 4.50. The van der Waals surface area contributed by atoms with Crippen LogP contribution in [-0.4, -0.2) is 30.3 Å². The number of rotatable bonds is 4. The quantitative estimate of drug-likeness (QED) is 0.808. The number of aromatic hydroxyl groups is 1. The van der Waals surface area contributed by atoms with E-state index in [4.69, 9.17) is 10.5 Å². The largest absolute Gasteiger partial charge is 0.507 e. The molecule has 4 N–H and O–H groups in total. The van der Waals surface area contributed by atoms with Gasteiger partial charge in [-0.3, -0.25) is 0 Å². The van der Waals surface area contributed by atoms with Crippen LogP contribution >= 0.6 is 0 Å². The summed E-state index contributed by atoms with van der Waals surface area (Å²) in [6.07, 6.45) is 2.26. The van der Waals surface area contributed by atoms with E-state index >= 15 is 0 Å². The van der Waals surface area contributed by atoms with Gasteiger partial charge in [0.1, 0.15) is 11.6 Å². The predicted octanol–water partition coefficient (Wildman–Crippen LogP) is 2.65. The van der Waals surface area contributed by atoms with Crippen molar-refractivity contribution in [3.63, 3.8) is 0 Å². The average Bonchev–Trinajstić information content (AvgIpc) is 2.58. The fraction of sp³-hybridized carbons (Fsp3) is 0.389. The Kier molecular flexibility index (Phi) is 4.79. The summed E-state index contributed by atoms with van der Waals surface area (Å²) < 4.78 is 5.32. The number of phenols is 1. The number of nitrogens with two attached hydrogens (primary N) is 1. The lowest BCUT2D eigenvalue weighted by molar-refractivity contribution is 0.184. The Hall–Kier alpha value is -2.11. The third-order valence-corrected chi connectivity index (χ3v) is 4.40. The number of hydrogen-bond acceptors (Lipinski definition) is 5. The molecule has 1 atom stereocenters. The first-order chi connectivity index (χ1) is 11.2. The van der Waals surface area contributed by atoms with E-state index in [9.17, 15) is 5.11 Å². The molecule has 3 rings (SSSR count). The summed E-state index contributed by atoms with van der Waals surface area (Å²) in [5, 5.41) is 13.6. The van der Waals surface area contributed by atoms with Crippen molar-refractivity contribution in [2.75, 3.05) is 25.9 Å². The maximum absolute atomic E-state index is 10.1. The molecule has 1 aromatic heterocycles. The van der Waals surface area contributed by atoms with Crippen molar-refractivity contribution < 1.29 is 9.84 Å². The van der Waals surface area contributed by atoms with E-state index in [1.807, 2.05) is 12.1 Å². The van der Waals surface area contributed by atoms with Crippen molar-refractivity contribution in [3.8, 4) is 17.0 Å². The molecular weight excluding hydrogens is 290 g/mol. The Morgan fingerprint density at radius 3 is 2.91 bits per heavy atom. The molecule has 1 aliphatic heterocycles. The first-order valence-corrected chi connectivity index (χ1v) is 7.98. The van der Waals surface area contributed by atoms with Crippen LogP contribution in [0.15, 0.2) is 30.3 Å². The highest BCUT2D eigenvalue weighted by Gasteiger charge is 2.22. The topological polar surface area (TPSA) is 80.4 Å². The number of piperidine rings is 1. The molecule has 5 nitrogen and oxygen atoms in total.